The van der Waals surface area contributed by atoms with Crippen LogP contribution in [0.5, 0.6) is 0 Å². The summed E-state index contributed by atoms with van der Waals surface area (Å²) in [6.45, 7) is 5.20. The molecular formula is C19H25N3O. The Kier molecular flexibility index (Phi) is 6.60. The smallest absolute Gasteiger partial charge is 0.257 e. The highest BCUT2D eigenvalue weighted by atomic mass is 16.1. The van der Waals surface area contributed by atoms with Gasteiger partial charge in [-0.1, -0.05) is 38.8 Å². The number of carbonyl (C=O) groups excluding carboxylic acids is 1. The summed E-state index contributed by atoms with van der Waals surface area (Å²) in [6, 6.07) is 11.5. The zero-order chi connectivity index (χ0) is 16.5. The topological polar surface area (TPSA) is 54.0 Å². The van der Waals surface area contributed by atoms with E-state index in [1.54, 1.807) is 12.3 Å². The first-order valence-electron chi connectivity index (χ1n) is 8.33. The summed E-state index contributed by atoms with van der Waals surface area (Å²) in [5, 5.41) is 6.15. The van der Waals surface area contributed by atoms with Gasteiger partial charge in [0, 0.05) is 18.4 Å². The molecule has 4 nitrogen and oxygen atoms in total. The summed E-state index contributed by atoms with van der Waals surface area (Å²) >= 11 is 0. The van der Waals surface area contributed by atoms with Gasteiger partial charge >= 0.3 is 0 Å². The fraction of sp³-hybridized carbons (Fsp3) is 0.368. The number of pyridine rings is 1. The minimum atomic E-state index is -0.140. The molecule has 1 heterocycles. The highest BCUT2D eigenvalue weighted by Gasteiger charge is 2.06. The molecular weight excluding hydrogens is 286 g/mol. The van der Waals surface area contributed by atoms with Crippen LogP contribution in [0.15, 0.2) is 42.6 Å². The van der Waals surface area contributed by atoms with Crippen molar-refractivity contribution >= 4 is 17.4 Å². The van der Waals surface area contributed by atoms with Crippen molar-refractivity contribution in [3.05, 3.63) is 53.7 Å². The molecule has 0 aliphatic heterocycles. The monoisotopic (exact) mass is 311 g/mol. The van der Waals surface area contributed by atoms with Crippen molar-refractivity contribution < 1.29 is 4.79 Å². The maximum atomic E-state index is 12.2. The molecule has 122 valence electrons. The number of hydrogen-bond donors (Lipinski definition) is 2. The van der Waals surface area contributed by atoms with Crippen LogP contribution in [-0.2, 0) is 6.42 Å². The fourth-order valence-electron chi connectivity index (χ4n) is 2.25. The Morgan fingerprint density at radius 2 is 1.83 bits per heavy atom. The molecule has 0 radical (unpaired) electrons. The number of nitrogens with one attached hydrogen (secondary N) is 2. The van der Waals surface area contributed by atoms with Crippen LogP contribution in [0, 0.1) is 0 Å². The number of nitrogens with zero attached hydrogens (tertiary/aromatic N) is 1. The van der Waals surface area contributed by atoms with Crippen LogP contribution in [-0.4, -0.2) is 17.4 Å². The van der Waals surface area contributed by atoms with Crippen molar-refractivity contribution in [3.8, 4) is 0 Å². The molecule has 1 aromatic carbocycles. The number of aryl methyl sites for hydroxylation is 1. The number of amides is 1. The van der Waals surface area contributed by atoms with Crippen LogP contribution in [0.3, 0.4) is 0 Å². The molecule has 0 unspecified atom stereocenters. The SMILES string of the molecule is CCCCCNc1ccc(C(=O)Nc2ccc(CC)cc2)cn1. The zero-order valence-corrected chi connectivity index (χ0v) is 13.9. The molecule has 2 rings (SSSR count). The van der Waals surface area contributed by atoms with Gasteiger partial charge in [0.25, 0.3) is 5.91 Å². The van der Waals surface area contributed by atoms with Gasteiger partial charge in [-0.25, -0.2) is 4.98 Å². The molecule has 23 heavy (non-hydrogen) atoms. The Balaban J connectivity index is 1.88. The van der Waals surface area contributed by atoms with Crippen molar-refractivity contribution in [1.29, 1.82) is 0 Å². The predicted molar refractivity (Wildman–Crippen MR) is 96.0 cm³/mol. The molecule has 1 aromatic heterocycles. The normalized spacial score (nSPS) is 10.3. The van der Waals surface area contributed by atoms with Crippen molar-refractivity contribution in [2.45, 2.75) is 39.5 Å². The average molecular weight is 311 g/mol. The van der Waals surface area contributed by atoms with Gasteiger partial charge in [0.15, 0.2) is 0 Å². The molecule has 0 saturated carbocycles. The highest BCUT2D eigenvalue weighted by Crippen LogP contribution is 2.12. The molecule has 1 amide bonds. The van der Waals surface area contributed by atoms with Crippen LogP contribution in [0.4, 0.5) is 11.5 Å². The van der Waals surface area contributed by atoms with Gasteiger partial charge in [-0.05, 0) is 42.7 Å². The van der Waals surface area contributed by atoms with Gasteiger partial charge in [0.05, 0.1) is 5.56 Å². The molecule has 0 spiro atoms. The van der Waals surface area contributed by atoms with E-state index < -0.39 is 0 Å². The first-order valence-corrected chi connectivity index (χ1v) is 8.33. The van der Waals surface area contributed by atoms with E-state index in [-0.39, 0.29) is 5.91 Å². The summed E-state index contributed by atoms with van der Waals surface area (Å²) in [6.07, 6.45) is 6.15. The maximum Gasteiger partial charge on any atom is 0.257 e. The van der Waals surface area contributed by atoms with E-state index in [0.29, 0.717) is 5.56 Å². The van der Waals surface area contributed by atoms with E-state index in [1.165, 1.54) is 18.4 Å². The highest BCUT2D eigenvalue weighted by molar-refractivity contribution is 6.04. The summed E-state index contributed by atoms with van der Waals surface area (Å²) in [5.41, 5.74) is 2.61. The lowest BCUT2D eigenvalue weighted by Crippen LogP contribution is -2.12. The first-order chi connectivity index (χ1) is 11.2. The van der Waals surface area contributed by atoms with E-state index in [2.05, 4.69) is 29.5 Å². The van der Waals surface area contributed by atoms with Gasteiger partial charge in [0.2, 0.25) is 0 Å². The summed E-state index contributed by atoms with van der Waals surface area (Å²) in [5.74, 6) is 0.671. The van der Waals surface area contributed by atoms with Crippen molar-refractivity contribution in [3.63, 3.8) is 0 Å². The Hall–Kier alpha value is -2.36. The molecule has 2 N–H and O–H groups in total. The van der Waals surface area contributed by atoms with E-state index in [0.717, 1.165) is 30.9 Å². The first kappa shape index (κ1) is 17.0. The van der Waals surface area contributed by atoms with Gasteiger partial charge < -0.3 is 10.6 Å². The number of benzene rings is 1. The maximum absolute atomic E-state index is 12.2. The van der Waals surface area contributed by atoms with Gasteiger partial charge in [-0.2, -0.15) is 0 Å². The predicted octanol–water partition coefficient (Wildman–Crippen LogP) is 4.50. The number of hydrogen-bond acceptors (Lipinski definition) is 3. The van der Waals surface area contributed by atoms with Gasteiger partial charge in [0.1, 0.15) is 5.82 Å². The lowest BCUT2D eigenvalue weighted by Gasteiger charge is -2.08. The second kappa shape index (κ2) is 8.93. The Morgan fingerprint density at radius 1 is 1.04 bits per heavy atom. The lowest BCUT2D eigenvalue weighted by atomic mass is 10.1. The van der Waals surface area contributed by atoms with Crippen LogP contribution in [0.2, 0.25) is 0 Å². The fourth-order valence-corrected chi connectivity index (χ4v) is 2.25. The Labute approximate surface area is 138 Å². The minimum absolute atomic E-state index is 0.140. The quantitative estimate of drug-likeness (QED) is 0.706. The van der Waals surface area contributed by atoms with Crippen LogP contribution >= 0.6 is 0 Å². The van der Waals surface area contributed by atoms with E-state index in [1.807, 2.05) is 30.3 Å². The molecule has 0 aliphatic rings. The summed E-state index contributed by atoms with van der Waals surface area (Å²) < 4.78 is 0. The molecule has 0 fully saturated rings. The average Bonchev–Trinajstić information content (AvgIpc) is 2.60. The number of carbonyl (C=O) groups is 1. The molecule has 0 saturated heterocycles. The second-order valence-corrected chi connectivity index (χ2v) is 5.57. The third-order valence-electron chi connectivity index (χ3n) is 3.73. The van der Waals surface area contributed by atoms with E-state index in [4.69, 9.17) is 0 Å². The number of aromatic nitrogens is 1. The Morgan fingerprint density at radius 3 is 2.43 bits per heavy atom. The standard InChI is InChI=1S/C19H25N3O/c1-3-5-6-13-20-18-12-9-16(14-21-18)19(23)22-17-10-7-15(4-2)8-11-17/h7-12,14H,3-6,13H2,1-2H3,(H,20,21)(H,22,23). The van der Waals surface area contributed by atoms with Crippen LogP contribution in [0.1, 0.15) is 49.0 Å². The third kappa shape index (κ3) is 5.40. The molecule has 0 aliphatic carbocycles. The van der Waals surface area contributed by atoms with Gasteiger partial charge in [-0.3, -0.25) is 4.79 Å². The van der Waals surface area contributed by atoms with Crippen molar-refractivity contribution in [1.82, 2.24) is 4.98 Å². The number of rotatable bonds is 8. The molecule has 0 bridgehead atoms. The molecule has 4 heteroatoms. The third-order valence-corrected chi connectivity index (χ3v) is 3.73. The van der Waals surface area contributed by atoms with Crippen molar-refractivity contribution in [2.75, 3.05) is 17.2 Å². The van der Waals surface area contributed by atoms with E-state index in [9.17, 15) is 4.79 Å². The largest absolute Gasteiger partial charge is 0.370 e. The molecule has 2 aromatic rings. The number of anilines is 2. The van der Waals surface area contributed by atoms with Gasteiger partial charge in [-0.15, -0.1) is 0 Å². The number of unbranched alkanes of at least 4 members (excludes halogenated alkanes) is 2. The van der Waals surface area contributed by atoms with Crippen molar-refractivity contribution in [2.24, 2.45) is 0 Å². The van der Waals surface area contributed by atoms with E-state index >= 15 is 0 Å². The minimum Gasteiger partial charge on any atom is -0.370 e. The second-order valence-electron chi connectivity index (χ2n) is 5.57. The van der Waals surface area contributed by atoms with Crippen LogP contribution in [0.25, 0.3) is 0 Å². The molecule has 0 atom stereocenters. The Bertz CT molecular complexity index is 606. The summed E-state index contributed by atoms with van der Waals surface area (Å²) in [4.78, 5) is 16.5. The lowest BCUT2D eigenvalue weighted by molar-refractivity contribution is 0.102. The van der Waals surface area contributed by atoms with Crippen LogP contribution < -0.4 is 10.6 Å². The zero-order valence-electron chi connectivity index (χ0n) is 13.9. The summed E-state index contributed by atoms with van der Waals surface area (Å²) in [7, 11) is 0.